The van der Waals surface area contributed by atoms with Gasteiger partial charge < -0.3 is 15.7 Å². The lowest BCUT2D eigenvalue weighted by Crippen LogP contribution is -2.27. The number of carbonyl (C=O) groups excluding carboxylic acids is 2. The highest BCUT2D eigenvalue weighted by Crippen LogP contribution is 2.19. The number of benzene rings is 2. The Morgan fingerprint density at radius 3 is 2.19 bits per heavy atom. The van der Waals surface area contributed by atoms with Gasteiger partial charge in [-0.1, -0.05) is 12.1 Å². The monoisotopic (exact) mass is 352 g/mol. The Balaban J connectivity index is 1.50. The third-order valence-electron chi connectivity index (χ3n) is 4.20. The smallest absolute Gasteiger partial charge is 0.335 e. The predicted octanol–water partition coefficient (Wildman–Crippen LogP) is 2.25. The summed E-state index contributed by atoms with van der Waals surface area (Å²) in [6.07, 6.45) is 2.60. The maximum absolute atomic E-state index is 12.2. The fraction of sp³-hybridized carbons (Fsp3) is 0.250. The van der Waals surface area contributed by atoms with E-state index in [-0.39, 0.29) is 17.4 Å². The topological polar surface area (TPSA) is 95.5 Å². The Bertz CT molecular complexity index is 826. The quantitative estimate of drug-likeness (QED) is 0.712. The van der Waals surface area contributed by atoms with Gasteiger partial charge in [0.05, 0.1) is 5.56 Å². The van der Waals surface area contributed by atoms with E-state index in [1.54, 1.807) is 36.4 Å². The van der Waals surface area contributed by atoms with Crippen LogP contribution in [0.15, 0.2) is 48.5 Å². The van der Waals surface area contributed by atoms with Gasteiger partial charge in [-0.2, -0.15) is 0 Å². The van der Waals surface area contributed by atoms with Gasteiger partial charge in [-0.25, -0.2) is 4.79 Å². The van der Waals surface area contributed by atoms with Gasteiger partial charge in [-0.3, -0.25) is 9.59 Å². The van der Waals surface area contributed by atoms with E-state index in [9.17, 15) is 14.4 Å². The third kappa shape index (κ3) is 4.69. The van der Waals surface area contributed by atoms with Gasteiger partial charge in [0.2, 0.25) is 0 Å². The van der Waals surface area contributed by atoms with Gasteiger partial charge >= 0.3 is 5.97 Å². The van der Waals surface area contributed by atoms with E-state index in [4.69, 9.17) is 5.11 Å². The second-order valence-electron chi connectivity index (χ2n) is 6.34. The van der Waals surface area contributed by atoms with Crippen LogP contribution < -0.4 is 10.6 Å². The molecule has 0 aromatic heterocycles. The zero-order valence-electron chi connectivity index (χ0n) is 14.2. The summed E-state index contributed by atoms with van der Waals surface area (Å²) in [6, 6.07) is 13.5. The van der Waals surface area contributed by atoms with Gasteiger partial charge in [0.25, 0.3) is 11.8 Å². The van der Waals surface area contributed by atoms with Crippen LogP contribution in [-0.4, -0.2) is 35.5 Å². The average molecular weight is 352 g/mol. The highest BCUT2D eigenvalue weighted by molar-refractivity contribution is 5.98. The molecule has 0 atom stereocenters. The number of rotatable bonds is 7. The van der Waals surface area contributed by atoms with Crippen LogP contribution in [0.3, 0.4) is 0 Å². The SMILES string of the molecule is O=C(O)c1cccc(CCNC(=O)c2ccc(C(=O)NC3CC3)cc2)c1. The Labute approximate surface area is 151 Å². The van der Waals surface area contributed by atoms with Crippen molar-refractivity contribution >= 4 is 17.8 Å². The lowest BCUT2D eigenvalue weighted by Gasteiger charge is -2.07. The lowest BCUT2D eigenvalue weighted by atomic mass is 10.1. The maximum atomic E-state index is 12.2. The molecule has 2 aromatic rings. The van der Waals surface area contributed by atoms with E-state index in [0.717, 1.165) is 18.4 Å². The fourth-order valence-corrected chi connectivity index (χ4v) is 2.55. The Kier molecular flexibility index (Phi) is 5.31. The molecule has 1 saturated carbocycles. The van der Waals surface area contributed by atoms with E-state index < -0.39 is 5.97 Å². The summed E-state index contributed by atoms with van der Waals surface area (Å²) in [5.41, 5.74) is 2.09. The van der Waals surface area contributed by atoms with Gasteiger partial charge in [0.1, 0.15) is 0 Å². The molecule has 3 rings (SSSR count). The molecule has 3 N–H and O–H groups in total. The number of amides is 2. The van der Waals surface area contributed by atoms with Crippen LogP contribution in [0.1, 0.15) is 49.5 Å². The van der Waals surface area contributed by atoms with Crippen molar-refractivity contribution in [1.29, 1.82) is 0 Å². The van der Waals surface area contributed by atoms with E-state index >= 15 is 0 Å². The predicted molar refractivity (Wildman–Crippen MR) is 96.4 cm³/mol. The number of carboxylic acids is 1. The first-order valence-electron chi connectivity index (χ1n) is 8.54. The summed E-state index contributed by atoms with van der Waals surface area (Å²) in [7, 11) is 0. The molecule has 0 radical (unpaired) electrons. The molecule has 2 aromatic carbocycles. The average Bonchev–Trinajstić information content (AvgIpc) is 3.46. The van der Waals surface area contributed by atoms with Crippen LogP contribution >= 0.6 is 0 Å². The first-order chi connectivity index (χ1) is 12.5. The molecular weight excluding hydrogens is 332 g/mol. The summed E-state index contributed by atoms with van der Waals surface area (Å²) in [5.74, 6) is -1.31. The molecule has 1 aliphatic rings. The molecular formula is C20H20N2O4. The number of hydrogen-bond acceptors (Lipinski definition) is 3. The summed E-state index contributed by atoms with van der Waals surface area (Å²) < 4.78 is 0. The third-order valence-corrected chi connectivity index (χ3v) is 4.20. The van der Waals surface area contributed by atoms with Crippen molar-refractivity contribution in [3.05, 3.63) is 70.8 Å². The van der Waals surface area contributed by atoms with Crippen LogP contribution in [0.25, 0.3) is 0 Å². The van der Waals surface area contributed by atoms with Crippen molar-refractivity contribution in [2.24, 2.45) is 0 Å². The number of carbonyl (C=O) groups is 3. The van der Waals surface area contributed by atoms with Gasteiger partial charge in [-0.15, -0.1) is 0 Å². The van der Waals surface area contributed by atoms with Gasteiger partial charge in [-0.05, 0) is 61.2 Å². The van der Waals surface area contributed by atoms with Crippen molar-refractivity contribution in [2.45, 2.75) is 25.3 Å². The summed E-state index contributed by atoms with van der Waals surface area (Å²) in [5, 5.41) is 14.7. The van der Waals surface area contributed by atoms with Crippen molar-refractivity contribution in [2.75, 3.05) is 6.54 Å². The molecule has 1 aliphatic carbocycles. The summed E-state index contributed by atoms with van der Waals surface area (Å²) in [6.45, 7) is 0.395. The molecule has 134 valence electrons. The molecule has 1 fully saturated rings. The molecule has 2 amide bonds. The standard InChI is InChI=1S/C20H20N2O4/c23-18(21-11-10-13-2-1-3-16(12-13)20(25)26)14-4-6-15(7-5-14)19(24)22-17-8-9-17/h1-7,12,17H,8-11H2,(H,21,23)(H,22,24)(H,25,26). The van der Waals surface area contributed by atoms with Crippen LogP contribution in [0, 0.1) is 0 Å². The second-order valence-corrected chi connectivity index (χ2v) is 6.34. The number of nitrogens with one attached hydrogen (secondary N) is 2. The molecule has 6 heteroatoms. The van der Waals surface area contributed by atoms with Gasteiger partial charge in [0.15, 0.2) is 0 Å². The molecule has 26 heavy (non-hydrogen) atoms. The largest absolute Gasteiger partial charge is 0.478 e. The fourth-order valence-electron chi connectivity index (χ4n) is 2.55. The minimum absolute atomic E-state index is 0.113. The Hall–Kier alpha value is -3.15. The summed E-state index contributed by atoms with van der Waals surface area (Å²) in [4.78, 5) is 35.1. The van der Waals surface area contributed by atoms with Crippen LogP contribution in [0.4, 0.5) is 0 Å². The molecule has 0 aliphatic heterocycles. The zero-order chi connectivity index (χ0) is 18.5. The van der Waals surface area contributed by atoms with E-state index in [0.29, 0.717) is 30.1 Å². The molecule has 0 saturated heterocycles. The zero-order valence-corrected chi connectivity index (χ0v) is 14.2. The first kappa shape index (κ1) is 17.7. The molecule has 0 spiro atoms. The van der Waals surface area contributed by atoms with Gasteiger partial charge in [0, 0.05) is 23.7 Å². The summed E-state index contributed by atoms with van der Waals surface area (Å²) >= 11 is 0. The Morgan fingerprint density at radius 1 is 0.923 bits per heavy atom. The number of hydrogen-bond donors (Lipinski definition) is 3. The van der Waals surface area contributed by atoms with Crippen LogP contribution in [-0.2, 0) is 6.42 Å². The minimum atomic E-state index is -0.971. The highest BCUT2D eigenvalue weighted by Gasteiger charge is 2.23. The normalized spacial score (nSPS) is 13.1. The van der Waals surface area contributed by atoms with Crippen molar-refractivity contribution in [3.63, 3.8) is 0 Å². The minimum Gasteiger partial charge on any atom is -0.478 e. The number of carboxylic acid groups (broad SMARTS) is 1. The van der Waals surface area contributed by atoms with Crippen molar-refractivity contribution < 1.29 is 19.5 Å². The van der Waals surface area contributed by atoms with Crippen LogP contribution in [0.2, 0.25) is 0 Å². The number of aromatic carboxylic acids is 1. The van der Waals surface area contributed by atoms with E-state index in [1.807, 2.05) is 6.07 Å². The maximum Gasteiger partial charge on any atom is 0.335 e. The Morgan fingerprint density at radius 2 is 1.58 bits per heavy atom. The molecule has 6 nitrogen and oxygen atoms in total. The second kappa shape index (κ2) is 7.82. The molecule has 0 unspecified atom stereocenters. The highest BCUT2D eigenvalue weighted by atomic mass is 16.4. The van der Waals surface area contributed by atoms with Crippen molar-refractivity contribution in [3.8, 4) is 0 Å². The van der Waals surface area contributed by atoms with E-state index in [1.165, 1.54) is 6.07 Å². The van der Waals surface area contributed by atoms with E-state index in [2.05, 4.69) is 10.6 Å². The lowest BCUT2D eigenvalue weighted by molar-refractivity contribution is 0.0696. The first-order valence-corrected chi connectivity index (χ1v) is 8.54. The molecule has 0 bridgehead atoms. The van der Waals surface area contributed by atoms with Crippen LogP contribution in [0.5, 0.6) is 0 Å². The van der Waals surface area contributed by atoms with Crippen molar-refractivity contribution in [1.82, 2.24) is 10.6 Å². The molecule has 0 heterocycles.